The number of nitrogens with zero attached hydrogens (tertiary/aromatic N) is 2. The predicted molar refractivity (Wildman–Crippen MR) is 80.6 cm³/mol. The fourth-order valence-corrected chi connectivity index (χ4v) is 3.05. The van der Waals surface area contributed by atoms with Gasteiger partial charge in [-0.25, -0.2) is 0 Å². The molecule has 1 heterocycles. The van der Waals surface area contributed by atoms with Gasteiger partial charge in [0.15, 0.2) is 0 Å². The second-order valence-corrected chi connectivity index (χ2v) is 5.45. The highest BCUT2D eigenvalue weighted by molar-refractivity contribution is 5.36. The lowest BCUT2D eigenvalue weighted by atomic mass is 9.97. The maximum Gasteiger partial charge on any atom is 0.0544 e. The van der Waals surface area contributed by atoms with Crippen molar-refractivity contribution in [2.75, 3.05) is 6.54 Å². The van der Waals surface area contributed by atoms with Gasteiger partial charge in [0.05, 0.1) is 6.20 Å². The lowest BCUT2D eigenvalue weighted by molar-refractivity contribution is 0.546. The van der Waals surface area contributed by atoms with E-state index in [1.54, 1.807) is 17.3 Å². The minimum atomic E-state index is 0.315. The van der Waals surface area contributed by atoms with Crippen molar-refractivity contribution < 1.29 is 0 Å². The monoisotopic (exact) mass is 267 g/mol. The smallest absolute Gasteiger partial charge is 0.0544 e. The van der Waals surface area contributed by atoms with Crippen LogP contribution in [0, 0.1) is 0 Å². The lowest BCUT2D eigenvalue weighted by Gasteiger charge is -2.18. The molecule has 0 bridgehead atoms. The number of hydrogen-bond donors (Lipinski definition) is 1. The molecule has 0 spiro atoms. The summed E-state index contributed by atoms with van der Waals surface area (Å²) in [6, 6.07) is 9.35. The number of fused-ring (bicyclic) bond motifs is 1. The van der Waals surface area contributed by atoms with Crippen LogP contribution in [-0.2, 0) is 19.3 Å². The third-order valence-corrected chi connectivity index (χ3v) is 4.06. The second-order valence-electron chi connectivity index (χ2n) is 5.45. The molecular formula is C17H21N3. The van der Waals surface area contributed by atoms with E-state index in [1.807, 2.05) is 12.3 Å². The molecule has 0 radical (unpaired) electrons. The molecule has 1 aliphatic carbocycles. The first-order valence-corrected chi connectivity index (χ1v) is 7.47. The van der Waals surface area contributed by atoms with Crippen molar-refractivity contribution >= 4 is 0 Å². The maximum absolute atomic E-state index is 4.00. The molecule has 104 valence electrons. The average Bonchev–Trinajstić information content (AvgIpc) is 2.95. The van der Waals surface area contributed by atoms with Crippen molar-refractivity contribution in [2.24, 2.45) is 0 Å². The van der Waals surface area contributed by atoms with Crippen molar-refractivity contribution in [3.63, 3.8) is 0 Å². The van der Waals surface area contributed by atoms with Gasteiger partial charge >= 0.3 is 0 Å². The van der Waals surface area contributed by atoms with E-state index in [2.05, 4.69) is 40.6 Å². The quantitative estimate of drug-likeness (QED) is 0.905. The van der Waals surface area contributed by atoms with Gasteiger partial charge in [-0.3, -0.25) is 0 Å². The summed E-state index contributed by atoms with van der Waals surface area (Å²) in [5, 5.41) is 11.4. The van der Waals surface area contributed by atoms with Gasteiger partial charge in [-0.1, -0.05) is 25.1 Å². The first kappa shape index (κ1) is 13.3. The van der Waals surface area contributed by atoms with Gasteiger partial charge in [0.2, 0.25) is 0 Å². The van der Waals surface area contributed by atoms with Crippen LogP contribution in [0.4, 0.5) is 0 Å². The van der Waals surface area contributed by atoms with Crippen molar-refractivity contribution in [2.45, 2.75) is 38.6 Å². The third kappa shape index (κ3) is 2.88. The molecule has 1 atom stereocenters. The Morgan fingerprint density at radius 1 is 1.15 bits per heavy atom. The molecule has 3 nitrogen and oxygen atoms in total. The number of benzene rings is 1. The molecule has 20 heavy (non-hydrogen) atoms. The number of likely N-dealkylation sites (N-methyl/N-ethyl adjacent to an activating group) is 1. The Hall–Kier alpha value is -1.74. The van der Waals surface area contributed by atoms with Gasteiger partial charge in [0, 0.05) is 12.2 Å². The minimum absolute atomic E-state index is 0.315. The van der Waals surface area contributed by atoms with E-state index in [4.69, 9.17) is 0 Å². The number of rotatable bonds is 5. The van der Waals surface area contributed by atoms with Crippen LogP contribution in [0.15, 0.2) is 36.7 Å². The van der Waals surface area contributed by atoms with E-state index < -0.39 is 0 Å². The molecule has 0 amide bonds. The summed E-state index contributed by atoms with van der Waals surface area (Å²) < 4.78 is 0. The Balaban J connectivity index is 1.80. The highest BCUT2D eigenvalue weighted by atomic mass is 15.1. The topological polar surface area (TPSA) is 37.8 Å². The van der Waals surface area contributed by atoms with Crippen LogP contribution in [0.5, 0.6) is 0 Å². The molecule has 0 saturated carbocycles. The molecule has 1 N–H and O–H groups in total. The van der Waals surface area contributed by atoms with Crippen LogP contribution in [0.25, 0.3) is 0 Å². The molecule has 1 aliphatic rings. The van der Waals surface area contributed by atoms with E-state index in [-0.39, 0.29) is 0 Å². The van der Waals surface area contributed by atoms with Gasteiger partial charge in [-0.2, -0.15) is 10.2 Å². The largest absolute Gasteiger partial charge is 0.310 e. The summed E-state index contributed by atoms with van der Waals surface area (Å²) >= 11 is 0. The summed E-state index contributed by atoms with van der Waals surface area (Å²) in [4.78, 5) is 0. The SMILES string of the molecule is CCNC(Cc1ccc2c(c1)CCC2)c1ccnnc1. The van der Waals surface area contributed by atoms with Crippen LogP contribution >= 0.6 is 0 Å². The van der Waals surface area contributed by atoms with Crippen molar-refractivity contribution in [1.82, 2.24) is 15.5 Å². The third-order valence-electron chi connectivity index (χ3n) is 4.06. The van der Waals surface area contributed by atoms with Gasteiger partial charge in [0.1, 0.15) is 0 Å². The van der Waals surface area contributed by atoms with E-state index in [0.29, 0.717) is 6.04 Å². The van der Waals surface area contributed by atoms with Crippen LogP contribution in [0.2, 0.25) is 0 Å². The molecule has 3 rings (SSSR count). The zero-order chi connectivity index (χ0) is 13.8. The zero-order valence-electron chi connectivity index (χ0n) is 12.0. The van der Waals surface area contributed by atoms with Gasteiger partial charge in [-0.05, 0) is 60.5 Å². The first-order valence-electron chi connectivity index (χ1n) is 7.47. The van der Waals surface area contributed by atoms with Crippen LogP contribution in [0.1, 0.15) is 41.6 Å². The fourth-order valence-electron chi connectivity index (χ4n) is 3.05. The molecule has 0 fully saturated rings. The molecule has 2 aromatic rings. The summed E-state index contributed by atoms with van der Waals surface area (Å²) in [7, 11) is 0. The van der Waals surface area contributed by atoms with E-state index in [0.717, 1.165) is 13.0 Å². The standard InChI is InChI=1S/C17H21N3/c1-2-18-17(16-8-9-19-20-12-16)11-13-6-7-14-4-3-5-15(14)10-13/h6-10,12,17-18H,2-5,11H2,1H3. The van der Waals surface area contributed by atoms with Gasteiger partial charge in [-0.15, -0.1) is 0 Å². The normalized spacial score (nSPS) is 15.1. The van der Waals surface area contributed by atoms with E-state index in [9.17, 15) is 0 Å². The number of nitrogens with one attached hydrogen (secondary N) is 1. The second kappa shape index (κ2) is 6.14. The van der Waals surface area contributed by atoms with Crippen molar-refractivity contribution in [3.05, 3.63) is 58.9 Å². The van der Waals surface area contributed by atoms with Crippen LogP contribution in [0.3, 0.4) is 0 Å². The Morgan fingerprint density at radius 2 is 2.05 bits per heavy atom. The predicted octanol–water partition coefficient (Wildman–Crippen LogP) is 2.86. The zero-order valence-corrected chi connectivity index (χ0v) is 12.0. The molecule has 0 aliphatic heterocycles. The van der Waals surface area contributed by atoms with Crippen molar-refractivity contribution in [3.8, 4) is 0 Å². The number of aromatic nitrogens is 2. The Labute approximate surface area is 120 Å². The number of aryl methyl sites for hydroxylation is 2. The van der Waals surface area contributed by atoms with E-state index >= 15 is 0 Å². The van der Waals surface area contributed by atoms with E-state index in [1.165, 1.54) is 30.4 Å². The maximum atomic E-state index is 4.00. The molecule has 1 aromatic carbocycles. The minimum Gasteiger partial charge on any atom is -0.310 e. The highest BCUT2D eigenvalue weighted by Gasteiger charge is 2.14. The van der Waals surface area contributed by atoms with Crippen molar-refractivity contribution in [1.29, 1.82) is 0 Å². The number of hydrogen-bond acceptors (Lipinski definition) is 3. The van der Waals surface area contributed by atoms with Crippen LogP contribution in [-0.4, -0.2) is 16.7 Å². The molecule has 0 saturated heterocycles. The van der Waals surface area contributed by atoms with Gasteiger partial charge in [0.25, 0.3) is 0 Å². The molecule has 1 unspecified atom stereocenters. The molecule has 3 heteroatoms. The summed E-state index contributed by atoms with van der Waals surface area (Å²) in [6.07, 6.45) is 8.44. The lowest BCUT2D eigenvalue weighted by Crippen LogP contribution is -2.23. The average molecular weight is 267 g/mol. The Morgan fingerprint density at radius 3 is 2.85 bits per heavy atom. The highest BCUT2D eigenvalue weighted by Crippen LogP contribution is 2.25. The summed E-state index contributed by atoms with van der Waals surface area (Å²) in [6.45, 7) is 3.10. The molecular weight excluding hydrogens is 246 g/mol. The summed E-state index contributed by atoms with van der Waals surface area (Å²) in [5.41, 5.74) is 5.71. The Bertz CT molecular complexity index is 566. The fraction of sp³-hybridized carbons (Fsp3) is 0.412. The Kier molecular flexibility index (Phi) is 4.07. The molecule has 1 aromatic heterocycles. The van der Waals surface area contributed by atoms with Gasteiger partial charge < -0.3 is 5.32 Å². The summed E-state index contributed by atoms with van der Waals surface area (Å²) in [5.74, 6) is 0. The first-order chi connectivity index (χ1) is 9.86. The van der Waals surface area contributed by atoms with Crippen LogP contribution < -0.4 is 5.32 Å².